The van der Waals surface area contributed by atoms with Crippen LogP contribution in [-0.4, -0.2) is 34.3 Å². The van der Waals surface area contributed by atoms with E-state index in [-0.39, 0.29) is 5.92 Å². The number of benzene rings is 1. The van der Waals surface area contributed by atoms with Gasteiger partial charge in [0.1, 0.15) is 18.3 Å². The first kappa shape index (κ1) is 19.1. The number of rotatable bonds is 7. The fourth-order valence-electron chi connectivity index (χ4n) is 2.91. The number of aliphatic hydroxyl groups is 1. The van der Waals surface area contributed by atoms with Gasteiger partial charge in [0, 0.05) is 10.9 Å². The van der Waals surface area contributed by atoms with Gasteiger partial charge in [0.05, 0.1) is 12.6 Å². The van der Waals surface area contributed by atoms with E-state index in [1.165, 1.54) is 6.33 Å². The van der Waals surface area contributed by atoms with Crippen LogP contribution in [0.1, 0.15) is 19.4 Å². The Kier molecular flexibility index (Phi) is 5.85. The highest BCUT2D eigenvalue weighted by Gasteiger charge is 2.45. The second kappa shape index (κ2) is 7.35. The molecule has 0 bridgehead atoms. The molecule has 0 saturated heterocycles. The Balaban J connectivity index is 2.59. The Morgan fingerprint density at radius 3 is 2.33 bits per heavy atom. The standard InChI is InChI=1S/C17H26ClN3O2Si/c1-13(14(2)22)17(23-24(3,4)5,10-21-12-19-11-20-21)15-6-8-16(18)9-7-15/h6-9,11-14,22H,10H2,1-5H3/t13-,14?,17?/m1/s1. The minimum Gasteiger partial charge on any atom is -0.406 e. The second-order valence-electron chi connectivity index (χ2n) is 7.23. The third-order valence-electron chi connectivity index (χ3n) is 4.14. The first-order valence-corrected chi connectivity index (χ1v) is 11.9. The number of halogens is 1. The number of hydrogen-bond donors (Lipinski definition) is 1. The molecule has 0 fully saturated rings. The van der Waals surface area contributed by atoms with Crippen molar-refractivity contribution in [3.05, 3.63) is 47.5 Å². The molecule has 0 aliphatic rings. The number of nitrogens with zero attached hydrogens (tertiary/aromatic N) is 3. The lowest BCUT2D eigenvalue weighted by molar-refractivity contribution is -0.0633. The highest BCUT2D eigenvalue weighted by atomic mass is 35.5. The molecular formula is C17H26ClN3O2Si. The summed E-state index contributed by atoms with van der Waals surface area (Å²) in [5.41, 5.74) is 0.273. The van der Waals surface area contributed by atoms with Crippen LogP contribution < -0.4 is 0 Å². The minimum atomic E-state index is -1.94. The lowest BCUT2D eigenvalue weighted by Crippen LogP contribution is -2.50. The van der Waals surface area contributed by atoms with Crippen LogP contribution in [0.2, 0.25) is 24.7 Å². The van der Waals surface area contributed by atoms with Gasteiger partial charge >= 0.3 is 0 Å². The molecule has 1 N–H and O–H groups in total. The average Bonchev–Trinajstić information content (AvgIpc) is 2.97. The fourth-order valence-corrected chi connectivity index (χ4v) is 4.49. The quantitative estimate of drug-likeness (QED) is 0.758. The maximum absolute atomic E-state index is 10.4. The Morgan fingerprint density at radius 2 is 1.88 bits per heavy atom. The SMILES string of the molecule is CC(O)[C@@H](C)C(Cn1cncn1)(O[Si](C)(C)C)c1ccc(Cl)cc1. The van der Waals surface area contributed by atoms with Crippen LogP contribution in [0.3, 0.4) is 0 Å². The maximum Gasteiger partial charge on any atom is 0.185 e. The van der Waals surface area contributed by atoms with Gasteiger partial charge in [-0.3, -0.25) is 0 Å². The molecule has 24 heavy (non-hydrogen) atoms. The van der Waals surface area contributed by atoms with Crippen LogP contribution >= 0.6 is 11.6 Å². The van der Waals surface area contributed by atoms with Gasteiger partial charge in [0.15, 0.2) is 8.32 Å². The predicted molar refractivity (Wildman–Crippen MR) is 98.4 cm³/mol. The highest BCUT2D eigenvalue weighted by molar-refractivity contribution is 6.69. The third kappa shape index (κ3) is 4.45. The van der Waals surface area contributed by atoms with Gasteiger partial charge in [0.25, 0.3) is 0 Å². The number of aliphatic hydroxyl groups excluding tert-OH is 1. The molecule has 3 atom stereocenters. The van der Waals surface area contributed by atoms with Crippen molar-refractivity contribution < 1.29 is 9.53 Å². The molecule has 1 heterocycles. The topological polar surface area (TPSA) is 60.2 Å². The van der Waals surface area contributed by atoms with Gasteiger partial charge in [0.2, 0.25) is 0 Å². The molecule has 0 amide bonds. The van der Waals surface area contributed by atoms with E-state index in [1.54, 1.807) is 17.9 Å². The molecule has 2 rings (SSSR count). The Morgan fingerprint density at radius 1 is 1.25 bits per heavy atom. The largest absolute Gasteiger partial charge is 0.406 e. The maximum atomic E-state index is 10.4. The first-order valence-electron chi connectivity index (χ1n) is 8.11. The Hall–Kier alpha value is -1.21. The molecule has 0 radical (unpaired) electrons. The van der Waals surface area contributed by atoms with Gasteiger partial charge in [-0.15, -0.1) is 0 Å². The van der Waals surface area contributed by atoms with Crippen LogP contribution in [0, 0.1) is 5.92 Å². The van der Waals surface area contributed by atoms with Crippen LogP contribution in [-0.2, 0) is 16.6 Å². The zero-order chi connectivity index (χ0) is 18.0. The minimum absolute atomic E-state index is 0.144. The van der Waals surface area contributed by atoms with Crippen LogP contribution in [0.4, 0.5) is 0 Å². The molecule has 1 aromatic heterocycles. The van der Waals surface area contributed by atoms with Crippen molar-refractivity contribution in [3.63, 3.8) is 0 Å². The van der Waals surface area contributed by atoms with Crippen molar-refractivity contribution in [3.8, 4) is 0 Å². The summed E-state index contributed by atoms with van der Waals surface area (Å²) in [7, 11) is -1.94. The van der Waals surface area contributed by atoms with Gasteiger partial charge in [-0.2, -0.15) is 5.10 Å². The van der Waals surface area contributed by atoms with E-state index in [1.807, 2.05) is 31.2 Å². The van der Waals surface area contributed by atoms with Gasteiger partial charge in [-0.05, 0) is 44.3 Å². The van der Waals surface area contributed by atoms with E-state index in [9.17, 15) is 5.11 Å². The van der Waals surface area contributed by atoms with Crippen molar-refractivity contribution in [1.82, 2.24) is 14.8 Å². The van der Waals surface area contributed by atoms with Crippen LogP contribution in [0.15, 0.2) is 36.9 Å². The Bertz CT molecular complexity index is 641. The van der Waals surface area contributed by atoms with Crippen LogP contribution in [0.5, 0.6) is 0 Å². The zero-order valence-corrected chi connectivity index (χ0v) is 16.7. The highest BCUT2D eigenvalue weighted by Crippen LogP contribution is 2.40. The summed E-state index contributed by atoms with van der Waals surface area (Å²) in [6, 6.07) is 7.65. The molecule has 0 saturated carbocycles. The summed E-state index contributed by atoms with van der Waals surface area (Å²) in [6.45, 7) is 10.7. The predicted octanol–water partition coefficient (Wildman–Crippen LogP) is 3.70. The Labute approximate surface area is 149 Å². The molecule has 0 spiro atoms. The summed E-state index contributed by atoms with van der Waals surface area (Å²) in [4.78, 5) is 4.04. The van der Waals surface area contributed by atoms with Gasteiger partial charge < -0.3 is 9.53 Å². The van der Waals surface area contributed by atoms with E-state index in [0.29, 0.717) is 11.6 Å². The average molecular weight is 368 g/mol. The molecule has 0 aliphatic carbocycles. The van der Waals surface area contributed by atoms with Crippen molar-refractivity contribution >= 4 is 19.9 Å². The summed E-state index contributed by atoms with van der Waals surface area (Å²) in [5.74, 6) is -0.144. The molecule has 0 aliphatic heterocycles. The van der Waals surface area contributed by atoms with E-state index < -0.39 is 20.0 Å². The fraction of sp³-hybridized carbons (Fsp3) is 0.529. The van der Waals surface area contributed by atoms with Gasteiger partial charge in [-0.1, -0.05) is 30.7 Å². The first-order chi connectivity index (χ1) is 11.1. The van der Waals surface area contributed by atoms with Crippen molar-refractivity contribution in [1.29, 1.82) is 0 Å². The zero-order valence-electron chi connectivity index (χ0n) is 14.9. The summed E-state index contributed by atoms with van der Waals surface area (Å²) < 4.78 is 8.45. The molecule has 132 valence electrons. The van der Waals surface area contributed by atoms with E-state index in [0.717, 1.165) is 5.56 Å². The summed E-state index contributed by atoms with van der Waals surface area (Å²) in [5, 5.41) is 15.3. The van der Waals surface area contributed by atoms with E-state index in [4.69, 9.17) is 16.0 Å². The summed E-state index contributed by atoms with van der Waals surface area (Å²) in [6.07, 6.45) is 2.64. The normalized spacial score (nSPS) is 17.3. The molecule has 2 unspecified atom stereocenters. The molecular weight excluding hydrogens is 342 g/mol. The van der Waals surface area contributed by atoms with Crippen molar-refractivity contribution in [2.24, 2.45) is 5.92 Å². The van der Waals surface area contributed by atoms with Crippen molar-refractivity contribution in [2.75, 3.05) is 0 Å². The van der Waals surface area contributed by atoms with Crippen LogP contribution in [0.25, 0.3) is 0 Å². The molecule has 1 aromatic carbocycles. The lowest BCUT2D eigenvalue weighted by Gasteiger charge is -2.45. The molecule has 2 aromatic rings. The smallest absolute Gasteiger partial charge is 0.185 e. The summed E-state index contributed by atoms with van der Waals surface area (Å²) >= 11 is 6.07. The monoisotopic (exact) mass is 367 g/mol. The van der Waals surface area contributed by atoms with Crippen molar-refractivity contribution in [2.45, 2.75) is 51.7 Å². The van der Waals surface area contributed by atoms with E-state index >= 15 is 0 Å². The second-order valence-corrected chi connectivity index (χ2v) is 12.1. The van der Waals surface area contributed by atoms with Gasteiger partial charge in [-0.25, -0.2) is 9.67 Å². The molecule has 5 nitrogen and oxygen atoms in total. The lowest BCUT2D eigenvalue weighted by atomic mass is 9.79. The third-order valence-corrected chi connectivity index (χ3v) is 5.37. The van der Waals surface area contributed by atoms with E-state index in [2.05, 4.69) is 29.7 Å². The number of aromatic nitrogens is 3. The molecule has 7 heteroatoms. The number of hydrogen-bond acceptors (Lipinski definition) is 4.